The fourth-order valence-corrected chi connectivity index (χ4v) is 2.88. The van der Waals surface area contributed by atoms with Gasteiger partial charge in [0.25, 0.3) is 0 Å². The van der Waals surface area contributed by atoms with E-state index in [1.54, 1.807) is 12.1 Å². The van der Waals surface area contributed by atoms with Crippen LogP contribution in [-0.4, -0.2) is 36.8 Å². The Morgan fingerprint density at radius 2 is 2.08 bits per heavy atom. The number of hydrogen-bond acceptors (Lipinski definition) is 4. The fourth-order valence-electron chi connectivity index (χ4n) is 2.88. The molecule has 2 aromatic rings. The molecule has 3 rings (SSSR count). The molecule has 1 saturated heterocycles. The lowest BCUT2D eigenvalue weighted by Crippen LogP contribution is -2.38. The van der Waals surface area contributed by atoms with Crippen molar-refractivity contribution < 1.29 is 23.4 Å². The summed E-state index contributed by atoms with van der Waals surface area (Å²) in [5.74, 6) is -0.676. The SMILES string of the molecule is COc1cc(CN2CCO[C@H](c3ccc(F)cc3F)C2)ccc1O. The molecule has 0 aliphatic carbocycles. The normalized spacial score (nSPS) is 18.5. The molecule has 1 heterocycles. The van der Waals surface area contributed by atoms with E-state index in [0.717, 1.165) is 11.6 Å². The average molecular weight is 335 g/mol. The van der Waals surface area contributed by atoms with Crippen molar-refractivity contribution in [3.8, 4) is 11.5 Å². The summed E-state index contributed by atoms with van der Waals surface area (Å²) in [6.07, 6.45) is -0.432. The topological polar surface area (TPSA) is 41.9 Å². The van der Waals surface area contributed by atoms with Crippen molar-refractivity contribution >= 4 is 0 Å². The average Bonchev–Trinajstić information content (AvgIpc) is 2.57. The van der Waals surface area contributed by atoms with Crippen molar-refractivity contribution in [3.63, 3.8) is 0 Å². The summed E-state index contributed by atoms with van der Waals surface area (Å²) in [6.45, 7) is 2.31. The summed E-state index contributed by atoms with van der Waals surface area (Å²) in [7, 11) is 1.50. The van der Waals surface area contributed by atoms with Gasteiger partial charge in [0.1, 0.15) is 11.6 Å². The van der Waals surface area contributed by atoms with Gasteiger partial charge in [-0.05, 0) is 23.8 Å². The Morgan fingerprint density at radius 3 is 2.83 bits per heavy atom. The minimum Gasteiger partial charge on any atom is -0.504 e. The molecule has 1 fully saturated rings. The number of ether oxygens (including phenoxy) is 2. The van der Waals surface area contributed by atoms with Gasteiger partial charge >= 0.3 is 0 Å². The summed E-state index contributed by atoms with van der Waals surface area (Å²) in [6, 6.07) is 8.74. The summed E-state index contributed by atoms with van der Waals surface area (Å²) in [5.41, 5.74) is 1.34. The summed E-state index contributed by atoms with van der Waals surface area (Å²) in [5, 5.41) is 9.65. The molecule has 2 aromatic carbocycles. The van der Waals surface area contributed by atoms with Gasteiger partial charge in [-0.2, -0.15) is 0 Å². The molecule has 0 radical (unpaired) electrons. The standard InChI is InChI=1S/C18H19F2NO3/c1-23-17-8-12(2-5-16(17)22)10-21-6-7-24-18(11-21)14-4-3-13(19)9-15(14)20/h2-5,8-9,18,22H,6-7,10-11H2,1H3/t18-/m0/s1. The molecule has 1 N–H and O–H groups in total. The van der Waals surface area contributed by atoms with Crippen LogP contribution in [0.3, 0.4) is 0 Å². The van der Waals surface area contributed by atoms with Crippen LogP contribution < -0.4 is 4.74 Å². The number of benzene rings is 2. The highest BCUT2D eigenvalue weighted by molar-refractivity contribution is 5.41. The molecule has 24 heavy (non-hydrogen) atoms. The zero-order valence-corrected chi connectivity index (χ0v) is 13.3. The van der Waals surface area contributed by atoms with Crippen molar-refractivity contribution in [2.24, 2.45) is 0 Å². The molecule has 0 saturated carbocycles. The van der Waals surface area contributed by atoms with E-state index in [2.05, 4.69) is 4.90 Å². The number of methoxy groups -OCH3 is 1. The summed E-state index contributed by atoms with van der Waals surface area (Å²) >= 11 is 0. The van der Waals surface area contributed by atoms with E-state index in [1.807, 2.05) is 6.07 Å². The predicted molar refractivity (Wildman–Crippen MR) is 85.0 cm³/mol. The molecular formula is C18H19F2NO3. The van der Waals surface area contributed by atoms with E-state index in [1.165, 1.54) is 19.2 Å². The Balaban J connectivity index is 1.71. The van der Waals surface area contributed by atoms with Gasteiger partial charge in [0.15, 0.2) is 11.5 Å². The van der Waals surface area contributed by atoms with Gasteiger partial charge in [-0.1, -0.05) is 12.1 Å². The maximum absolute atomic E-state index is 13.9. The minimum atomic E-state index is -0.597. The zero-order chi connectivity index (χ0) is 17.1. The number of morpholine rings is 1. The maximum atomic E-state index is 13.9. The monoisotopic (exact) mass is 335 g/mol. The van der Waals surface area contributed by atoms with Crippen LogP contribution in [0.2, 0.25) is 0 Å². The first-order chi connectivity index (χ1) is 11.6. The Bertz CT molecular complexity index is 723. The van der Waals surface area contributed by atoms with E-state index in [0.29, 0.717) is 37.6 Å². The molecule has 0 amide bonds. The maximum Gasteiger partial charge on any atom is 0.160 e. The van der Waals surface area contributed by atoms with Gasteiger partial charge < -0.3 is 14.6 Å². The van der Waals surface area contributed by atoms with Crippen molar-refractivity contribution in [2.75, 3.05) is 26.8 Å². The third kappa shape index (κ3) is 3.66. The highest BCUT2D eigenvalue weighted by atomic mass is 19.1. The van der Waals surface area contributed by atoms with Crippen molar-refractivity contribution in [1.29, 1.82) is 0 Å². The second-order valence-electron chi connectivity index (χ2n) is 5.77. The highest BCUT2D eigenvalue weighted by Crippen LogP contribution is 2.29. The van der Waals surface area contributed by atoms with Crippen molar-refractivity contribution in [2.45, 2.75) is 12.6 Å². The van der Waals surface area contributed by atoms with Gasteiger partial charge in [-0.25, -0.2) is 8.78 Å². The van der Waals surface area contributed by atoms with E-state index in [9.17, 15) is 13.9 Å². The van der Waals surface area contributed by atoms with Crippen LogP contribution in [0.25, 0.3) is 0 Å². The number of phenolic OH excluding ortho intramolecular Hbond substituents is 1. The number of halogens is 2. The Morgan fingerprint density at radius 1 is 1.25 bits per heavy atom. The largest absolute Gasteiger partial charge is 0.504 e. The zero-order valence-electron chi connectivity index (χ0n) is 13.3. The van der Waals surface area contributed by atoms with Crippen LogP contribution in [0.1, 0.15) is 17.2 Å². The van der Waals surface area contributed by atoms with Crippen LogP contribution >= 0.6 is 0 Å². The molecule has 6 heteroatoms. The molecule has 1 aliphatic rings. The summed E-state index contributed by atoms with van der Waals surface area (Å²) in [4.78, 5) is 2.13. The van der Waals surface area contributed by atoms with Crippen LogP contribution in [-0.2, 0) is 11.3 Å². The predicted octanol–water partition coefficient (Wildman–Crippen LogP) is 3.25. The van der Waals surface area contributed by atoms with Gasteiger partial charge in [-0.3, -0.25) is 4.90 Å². The first-order valence-electron chi connectivity index (χ1n) is 7.71. The number of rotatable bonds is 4. The lowest BCUT2D eigenvalue weighted by atomic mass is 10.1. The van der Waals surface area contributed by atoms with E-state index < -0.39 is 17.7 Å². The van der Waals surface area contributed by atoms with Crippen LogP contribution in [0.4, 0.5) is 8.78 Å². The van der Waals surface area contributed by atoms with Crippen LogP contribution in [0, 0.1) is 11.6 Å². The van der Waals surface area contributed by atoms with Gasteiger partial charge in [0.05, 0.1) is 19.8 Å². The number of phenols is 1. The molecule has 0 unspecified atom stereocenters. The Kier molecular flexibility index (Phi) is 4.97. The molecule has 4 nitrogen and oxygen atoms in total. The second kappa shape index (κ2) is 7.15. The van der Waals surface area contributed by atoms with E-state index >= 15 is 0 Å². The molecule has 0 bridgehead atoms. The third-order valence-corrected chi connectivity index (χ3v) is 4.11. The molecule has 1 aliphatic heterocycles. The molecule has 1 atom stereocenters. The van der Waals surface area contributed by atoms with Gasteiger partial charge in [0.2, 0.25) is 0 Å². The van der Waals surface area contributed by atoms with E-state index in [-0.39, 0.29) is 5.75 Å². The number of nitrogens with zero attached hydrogens (tertiary/aromatic N) is 1. The van der Waals surface area contributed by atoms with Gasteiger partial charge in [0, 0.05) is 31.3 Å². The first-order valence-corrected chi connectivity index (χ1v) is 7.71. The second-order valence-corrected chi connectivity index (χ2v) is 5.77. The Hall–Kier alpha value is -2.18. The van der Waals surface area contributed by atoms with Crippen molar-refractivity contribution in [3.05, 3.63) is 59.2 Å². The minimum absolute atomic E-state index is 0.0921. The smallest absolute Gasteiger partial charge is 0.160 e. The van der Waals surface area contributed by atoms with Crippen LogP contribution in [0.15, 0.2) is 36.4 Å². The lowest BCUT2D eigenvalue weighted by molar-refractivity contribution is -0.0345. The number of hydrogen-bond donors (Lipinski definition) is 1. The highest BCUT2D eigenvalue weighted by Gasteiger charge is 2.24. The fraction of sp³-hybridized carbons (Fsp3) is 0.333. The van der Waals surface area contributed by atoms with E-state index in [4.69, 9.17) is 9.47 Å². The summed E-state index contributed by atoms with van der Waals surface area (Å²) < 4.78 is 37.8. The first kappa shape index (κ1) is 16.7. The molecule has 128 valence electrons. The molecule has 0 spiro atoms. The molecular weight excluding hydrogens is 316 g/mol. The quantitative estimate of drug-likeness (QED) is 0.931. The lowest BCUT2D eigenvalue weighted by Gasteiger charge is -2.33. The molecule has 0 aromatic heterocycles. The van der Waals surface area contributed by atoms with Gasteiger partial charge in [-0.15, -0.1) is 0 Å². The van der Waals surface area contributed by atoms with Crippen molar-refractivity contribution in [1.82, 2.24) is 4.90 Å². The number of aromatic hydroxyl groups is 1. The third-order valence-electron chi connectivity index (χ3n) is 4.11. The van der Waals surface area contributed by atoms with Crippen LogP contribution in [0.5, 0.6) is 11.5 Å². The Labute approximate surface area is 139 Å².